The van der Waals surface area contributed by atoms with E-state index in [1.54, 1.807) is 12.3 Å². The van der Waals surface area contributed by atoms with E-state index < -0.39 is 0 Å². The van der Waals surface area contributed by atoms with Crippen molar-refractivity contribution in [3.05, 3.63) is 23.0 Å². The predicted octanol–water partition coefficient (Wildman–Crippen LogP) is 1.54. The lowest BCUT2D eigenvalue weighted by atomic mass is 10.00. The highest BCUT2D eigenvalue weighted by Gasteiger charge is 2.23. The largest absolute Gasteiger partial charge is 0.356 e. The minimum Gasteiger partial charge on any atom is -0.356 e. The third-order valence-corrected chi connectivity index (χ3v) is 3.19. The number of nitrogens with one attached hydrogen (secondary N) is 3. The van der Waals surface area contributed by atoms with Crippen molar-refractivity contribution in [1.29, 1.82) is 0 Å². The van der Waals surface area contributed by atoms with Gasteiger partial charge in [-0.3, -0.25) is 4.79 Å². The first-order chi connectivity index (χ1) is 7.66. The molecule has 1 amide bonds. The minimum absolute atomic E-state index is 0.0903. The third-order valence-electron chi connectivity index (χ3n) is 2.97. The van der Waals surface area contributed by atoms with Crippen LogP contribution in [0.4, 0.5) is 0 Å². The van der Waals surface area contributed by atoms with Gasteiger partial charge in [0.2, 0.25) is 0 Å². The van der Waals surface area contributed by atoms with Crippen LogP contribution in [-0.2, 0) is 0 Å². The Hall–Kier alpha value is -1.00. The summed E-state index contributed by atoms with van der Waals surface area (Å²) in [5, 5.41) is 6.91. The molecule has 1 aliphatic heterocycles. The molecule has 2 rings (SSSR count). The van der Waals surface area contributed by atoms with Gasteiger partial charge in [0.05, 0.1) is 5.02 Å². The zero-order valence-corrected chi connectivity index (χ0v) is 9.97. The van der Waals surface area contributed by atoms with Gasteiger partial charge in [0.15, 0.2) is 0 Å². The minimum atomic E-state index is -0.0903. The Kier molecular flexibility index (Phi) is 3.51. The molecule has 0 spiro atoms. The number of aromatic nitrogens is 1. The number of aromatic amines is 1. The standard InChI is InChI=1S/C11H16ClN3O/c1-7-9(3-2-4-13-7)15-11(16)10-5-8(12)6-14-10/h5-7,9,13-14H,2-4H2,1H3,(H,15,16). The van der Waals surface area contributed by atoms with Gasteiger partial charge >= 0.3 is 0 Å². The van der Waals surface area contributed by atoms with Gasteiger partial charge in [-0.05, 0) is 32.4 Å². The average Bonchev–Trinajstić information content (AvgIpc) is 2.68. The zero-order valence-electron chi connectivity index (χ0n) is 9.22. The number of halogens is 1. The van der Waals surface area contributed by atoms with Crippen molar-refractivity contribution in [2.45, 2.75) is 31.8 Å². The lowest BCUT2D eigenvalue weighted by molar-refractivity contribution is 0.0915. The van der Waals surface area contributed by atoms with E-state index in [0.29, 0.717) is 16.8 Å². The molecule has 1 aromatic heterocycles. The topological polar surface area (TPSA) is 56.9 Å². The molecule has 1 aliphatic rings. The second-order valence-corrected chi connectivity index (χ2v) is 4.63. The summed E-state index contributed by atoms with van der Waals surface area (Å²) in [6.07, 6.45) is 3.73. The van der Waals surface area contributed by atoms with Gasteiger partial charge < -0.3 is 15.6 Å². The summed E-state index contributed by atoms with van der Waals surface area (Å²) >= 11 is 5.75. The molecule has 4 nitrogen and oxygen atoms in total. The van der Waals surface area contributed by atoms with Crippen molar-refractivity contribution < 1.29 is 4.79 Å². The molecule has 88 valence electrons. The number of hydrogen-bond acceptors (Lipinski definition) is 2. The van der Waals surface area contributed by atoms with Crippen LogP contribution in [0.15, 0.2) is 12.3 Å². The summed E-state index contributed by atoms with van der Waals surface area (Å²) in [7, 11) is 0. The molecule has 0 radical (unpaired) electrons. The van der Waals surface area contributed by atoms with E-state index >= 15 is 0 Å². The average molecular weight is 242 g/mol. The van der Waals surface area contributed by atoms with Crippen molar-refractivity contribution >= 4 is 17.5 Å². The van der Waals surface area contributed by atoms with Gasteiger partial charge in [0.25, 0.3) is 5.91 Å². The van der Waals surface area contributed by atoms with Crippen LogP contribution in [-0.4, -0.2) is 29.5 Å². The van der Waals surface area contributed by atoms with Gasteiger partial charge in [-0.25, -0.2) is 0 Å². The second-order valence-electron chi connectivity index (χ2n) is 4.20. The van der Waals surface area contributed by atoms with Gasteiger partial charge in [0, 0.05) is 18.3 Å². The molecule has 0 bridgehead atoms. The summed E-state index contributed by atoms with van der Waals surface area (Å²) < 4.78 is 0. The number of rotatable bonds is 2. The van der Waals surface area contributed by atoms with Crippen LogP contribution in [0, 0.1) is 0 Å². The van der Waals surface area contributed by atoms with E-state index in [1.165, 1.54) is 0 Å². The lowest BCUT2D eigenvalue weighted by Gasteiger charge is -2.30. The van der Waals surface area contributed by atoms with Crippen LogP contribution < -0.4 is 10.6 Å². The van der Waals surface area contributed by atoms with Crippen LogP contribution in [0.2, 0.25) is 5.02 Å². The van der Waals surface area contributed by atoms with Crippen molar-refractivity contribution in [2.24, 2.45) is 0 Å². The molecule has 0 saturated carbocycles. The molecular weight excluding hydrogens is 226 g/mol. The molecule has 1 saturated heterocycles. The summed E-state index contributed by atoms with van der Waals surface area (Å²) in [4.78, 5) is 14.7. The Balaban J connectivity index is 1.96. The molecule has 0 aliphatic carbocycles. The molecule has 3 N–H and O–H groups in total. The van der Waals surface area contributed by atoms with E-state index in [1.807, 2.05) is 0 Å². The highest BCUT2D eigenvalue weighted by molar-refractivity contribution is 6.30. The number of carbonyl (C=O) groups excluding carboxylic acids is 1. The second kappa shape index (κ2) is 4.89. The summed E-state index contributed by atoms with van der Waals surface area (Å²) in [6, 6.07) is 2.16. The van der Waals surface area contributed by atoms with Crippen molar-refractivity contribution in [1.82, 2.24) is 15.6 Å². The zero-order chi connectivity index (χ0) is 11.5. The van der Waals surface area contributed by atoms with Crippen LogP contribution in [0.5, 0.6) is 0 Å². The maximum absolute atomic E-state index is 11.8. The molecule has 2 atom stereocenters. The van der Waals surface area contributed by atoms with Gasteiger partial charge in [-0.1, -0.05) is 11.6 Å². The first-order valence-corrected chi connectivity index (χ1v) is 5.93. The number of carbonyl (C=O) groups is 1. The summed E-state index contributed by atoms with van der Waals surface area (Å²) in [6.45, 7) is 3.12. The molecular formula is C11H16ClN3O. The lowest BCUT2D eigenvalue weighted by Crippen LogP contribution is -2.51. The van der Waals surface area contributed by atoms with Crippen molar-refractivity contribution in [3.63, 3.8) is 0 Å². The van der Waals surface area contributed by atoms with Gasteiger partial charge in [-0.15, -0.1) is 0 Å². The van der Waals surface area contributed by atoms with Crippen molar-refractivity contribution in [2.75, 3.05) is 6.54 Å². The van der Waals surface area contributed by atoms with E-state index in [0.717, 1.165) is 19.4 Å². The third kappa shape index (κ3) is 2.57. The van der Waals surface area contributed by atoms with Crippen molar-refractivity contribution in [3.8, 4) is 0 Å². The fourth-order valence-corrected chi connectivity index (χ4v) is 2.15. The Morgan fingerprint density at radius 3 is 3.06 bits per heavy atom. The Bertz CT molecular complexity index is 377. The van der Waals surface area contributed by atoms with E-state index in [4.69, 9.17) is 11.6 Å². The summed E-state index contributed by atoms with van der Waals surface area (Å²) in [5.41, 5.74) is 0.516. The smallest absolute Gasteiger partial charge is 0.268 e. The number of hydrogen-bond donors (Lipinski definition) is 3. The van der Waals surface area contributed by atoms with E-state index in [2.05, 4.69) is 22.5 Å². The molecule has 2 unspecified atom stereocenters. The van der Waals surface area contributed by atoms with Crippen LogP contribution in [0.25, 0.3) is 0 Å². The van der Waals surface area contributed by atoms with E-state index in [9.17, 15) is 4.79 Å². The van der Waals surface area contributed by atoms with E-state index in [-0.39, 0.29) is 11.9 Å². The molecule has 1 aromatic rings. The maximum Gasteiger partial charge on any atom is 0.268 e. The highest BCUT2D eigenvalue weighted by atomic mass is 35.5. The van der Waals surface area contributed by atoms with Crippen LogP contribution in [0.3, 0.4) is 0 Å². The van der Waals surface area contributed by atoms with Gasteiger partial charge in [0.1, 0.15) is 5.69 Å². The Morgan fingerprint density at radius 2 is 2.44 bits per heavy atom. The van der Waals surface area contributed by atoms with Crippen LogP contribution in [0.1, 0.15) is 30.3 Å². The molecule has 2 heterocycles. The highest BCUT2D eigenvalue weighted by Crippen LogP contribution is 2.12. The first kappa shape index (κ1) is 11.5. The van der Waals surface area contributed by atoms with Crippen LogP contribution >= 0.6 is 11.6 Å². The Morgan fingerprint density at radius 1 is 1.62 bits per heavy atom. The fraction of sp³-hybridized carbons (Fsp3) is 0.545. The SMILES string of the molecule is CC1NCCCC1NC(=O)c1cc(Cl)c[nH]1. The Labute approximate surface area is 99.8 Å². The summed E-state index contributed by atoms with van der Waals surface area (Å²) in [5.74, 6) is -0.0903. The molecule has 0 aromatic carbocycles. The normalized spacial score (nSPS) is 25.4. The molecule has 1 fully saturated rings. The van der Waals surface area contributed by atoms with Gasteiger partial charge in [-0.2, -0.15) is 0 Å². The monoisotopic (exact) mass is 241 g/mol. The predicted molar refractivity (Wildman–Crippen MR) is 63.8 cm³/mol. The first-order valence-electron chi connectivity index (χ1n) is 5.55. The molecule has 16 heavy (non-hydrogen) atoms. The molecule has 5 heteroatoms. The fourth-order valence-electron chi connectivity index (χ4n) is 1.99. The maximum atomic E-state index is 11.8. The number of amides is 1. The number of piperidine rings is 1. The number of H-pyrrole nitrogens is 1. The quantitative estimate of drug-likeness (QED) is 0.736.